The molecular weight excluding hydrogens is 246 g/mol. The molecule has 108 valence electrons. The van der Waals surface area contributed by atoms with Gasteiger partial charge in [0.15, 0.2) is 0 Å². The molecule has 2 amide bonds. The van der Waals surface area contributed by atoms with Crippen LogP contribution in [0.5, 0.6) is 0 Å². The van der Waals surface area contributed by atoms with Crippen LogP contribution >= 0.6 is 0 Å². The van der Waals surface area contributed by atoms with Gasteiger partial charge in [-0.2, -0.15) is 0 Å². The Labute approximate surface area is 113 Å². The average molecular weight is 269 g/mol. The van der Waals surface area contributed by atoms with E-state index in [1.807, 2.05) is 4.90 Å². The molecule has 2 rings (SSSR count). The third-order valence-corrected chi connectivity index (χ3v) is 4.14. The van der Waals surface area contributed by atoms with E-state index in [0.29, 0.717) is 19.4 Å². The highest BCUT2D eigenvalue weighted by Gasteiger charge is 2.52. The number of urea groups is 1. The maximum atomic E-state index is 12.3. The number of carbonyl (C=O) groups is 2. The van der Waals surface area contributed by atoms with Crippen molar-refractivity contribution in [3.8, 4) is 0 Å². The van der Waals surface area contributed by atoms with E-state index >= 15 is 0 Å². The molecular formula is C13H23N3O3. The van der Waals surface area contributed by atoms with Gasteiger partial charge in [0.25, 0.3) is 0 Å². The Balaban J connectivity index is 2.02. The summed E-state index contributed by atoms with van der Waals surface area (Å²) in [7, 11) is 2.06. The lowest BCUT2D eigenvalue weighted by Gasteiger charge is -2.31. The summed E-state index contributed by atoms with van der Waals surface area (Å²) in [6.45, 7) is 4.59. The number of aliphatic carboxylic acids is 1. The summed E-state index contributed by atoms with van der Waals surface area (Å²) in [6.07, 6.45) is 2.90. The van der Waals surface area contributed by atoms with Gasteiger partial charge >= 0.3 is 12.0 Å². The van der Waals surface area contributed by atoms with Crippen molar-refractivity contribution in [2.75, 3.05) is 26.7 Å². The second-order valence-electron chi connectivity index (χ2n) is 5.69. The molecule has 1 heterocycles. The van der Waals surface area contributed by atoms with Gasteiger partial charge in [0.05, 0.1) is 0 Å². The Kier molecular flexibility index (Phi) is 3.99. The van der Waals surface area contributed by atoms with Gasteiger partial charge < -0.3 is 20.2 Å². The fourth-order valence-electron chi connectivity index (χ4n) is 2.65. The number of hydrogen-bond donors (Lipinski definition) is 2. The zero-order chi connectivity index (χ0) is 14.0. The monoisotopic (exact) mass is 269 g/mol. The van der Waals surface area contributed by atoms with E-state index in [-0.39, 0.29) is 12.1 Å². The molecule has 0 spiro atoms. The summed E-state index contributed by atoms with van der Waals surface area (Å²) >= 11 is 0. The zero-order valence-electron chi connectivity index (χ0n) is 11.7. The fourth-order valence-corrected chi connectivity index (χ4v) is 2.65. The molecule has 0 aromatic carbocycles. The minimum atomic E-state index is -0.992. The van der Waals surface area contributed by atoms with Crippen LogP contribution in [-0.2, 0) is 4.79 Å². The molecule has 6 heteroatoms. The van der Waals surface area contributed by atoms with Crippen molar-refractivity contribution in [3.05, 3.63) is 0 Å². The van der Waals surface area contributed by atoms with E-state index in [1.54, 1.807) is 0 Å². The lowest BCUT2D eigenvalue weighted by molar-refractivity contribution is -0.140. The zero-order valence-corrected chi connectivity index (χ0v) is 11.7. The summed E-state index contributed by atoms with van der Waals surface area (Å²) in [5, 5.41) is 11.8. The Morgan fingerprint density at radius 2 is 2.05 bits per heavy atom. The number of carboxylic acids is 1. The van der Waals surface area contributed by atoms with Crippen molar-refractivity contribution in [2.45, 2.75) is 44.2 Å². The molecule has 1 saturated carbocycles. The molecule has 0 aromatic rings. The first-order valence-electron chi connectivity index (χ1n) is 6.99. The van der Waals surface area contributed by atoms with Crippen LogP contribution in [-0.4, -0.2) is 65.2 Å². The van der Waals surface area contributed by atoms with Crippen LogP contribution in [0.3, 0.4) is 0 Å². The maximum absolute atomic E-state index is 12.3. The lowest BCUT2D eigenvalue weighted by Crippen LogP contribution is -2.53. The largest absolute Gasteiger partial charge is 0.480 e. The first-order chi connectivity index (χ1) is 8.98. The van der Waals surface area contributed by atoms with Gasteiger partial charge in [-0.15, -0.1) is 0 Å². The standard InChI is InChI=1S/C13H23N3O3/c1-3-10-9-15(2)7-4-8-16(10)12(19)14-13(5-6-13)11(17)18/h10H,3-9H2,1-2H3,(H,14,19)(H,17,18). The molecule has 0 aromatic heterocycles. The molecule has 1 saturated heterocycles. The van der Waals surface area contributed by atoms with Crippen molar-refractivity contribution in [1.82, 2.24) is 15.1 Å². The quantitative estimate of drug-likeness (QED) is 0.792. The van der Waals surface area contributed by atoms with Gasteiger partial charge in [-0.25, -0.2) is 9.59 Å². The van der Waals surface area contributed by atoms with Crippen LogP contribution in [0.2, 0.25) is 0 Å². The number of likely N-dealkylation sites (N-methyl/N-ethyl adjacent to an activating group) is 1. The van der Waals surface area contributed by atoms with E-state index in [9.17, 15) is 9.59 Å². The molecule has 19 heavy (non-hydrogen) atoms. The van der Waals surface area contributed by atoms with Gasteiger partial charge in [-0.1, -0.05) is 6.92 Å². The van der Waals surface area contributed by atoms with Crippen LogP contribution in [0.25, 0.3) is 0 Å². The Bertz CT molecular complexity index is 368. The van der Waals surface area contributed by atoms with Crippen molar-refractivity contribution in [3.63, 3.8) is 0 Å². The number of rotatable bonds is 3. The number of hydrogen-bond acceptors (Lipinski definition) is 3. The summed E-state index contributed by atoms with van der Waals surface area (Å²) in [4.78, 5) is 27.5. The van der Waals surface area contributed by atoms with Gasteiger partial charge in [0.2, 0.25) is 0 Å². The average Bonchev–Trinajstić information content (AvgIpc) is 3.14. The van der Waals surface area contributed by atoms with E-state index in [1.165, 1.54) is 0 Å². The molecule has 1 unspecified atom stereocenters. The fraction of sp³-hybridized carbons (Fsp3) is 0.846. The van der Waals surface area contributed by atoms with Crippen molar-refractivity contribution >= 4 is 12.0 Å². The number of carbonyl (C=O) groups excluding carboxylic acids is 1. The summed E-state index contributed by atoms with van der Waals surface area (Å²) in [5.74, 6) is -0.916. The van der Waals surface area contributed by atoms with E-state index in [4.69, 9.17) is 5.11 Å². The number of nitrogens with one attached hydrogen (secondary N) is 1. The number of amides is 2. The highest BCUT2D eigenvalue weighted by molar-refractivity contribution is 5.89. The van der Waals surface area contributed by atoms with Crippen molar-refractivity contribution in [1.29, 1.82) is 0 Å². The summed E-state index contributed by atoms with van der Waals surface area (Å²) in [5.41, 5.74) is -0.992. The smallest absolute Gasteiger partial charge is 0.329 e. The minimum absolute atomic E-state index is 0.164. The van der Waals surface area contributed by atoms with Crippen LogP contribution in [0, 0.1) is 0 Å². The molecule has 1 aliphatic heterocycles. The normalized spacial score (nSPS) is 26.6. The van der Waals surface area contributed by atoms with E-state index in [0.717, 1.165) is 25.9 Å². The second-order valence-corrected chi connectivity index (χ2v) is 5.69. The molecule has 6 nitrogen and oxygen atoms in total. The molecule has 2 aliphatic rings. The van der Waals surface area contributed by atoms with Crippen LogP contribution in [0.1, 0.15) is 32.6 Å². The highest BCUT2D eigenvalue weighted by Crippen LogP contribution is 2.35. The first kappa shape index (κ1) is 14.1. The number of carboxylic acid groups (broad SMARTS) is 1. The SMILES string of the molecule is CCC1CN(C)CCCN1C(=O)NC1(C(=O)O)CC1. The molecule has 1 aliphatic carbocycles. The third-order valence-electron chi connectivity index (χ3n) is 4.14. The number of nitrogens with zero attached hydrogens (tertiary/aromatic N) is 2. The molecule has 1 atom stereocenters. The van der Waals surface area contributed by atoms with Crippen LogP contribution in [0.15, 0.2) is 0 Å². The molecule has 2 N–H and O–H groups in total. The van der Waals surface area contributed by atoms with Crippen LogP contribution in [0.4, 0.5) is 4.79 Å². The lowest BCUT2D eigenvalue weighted by atomic mass is 10.2. The molecule has 2 fully saturated rings. The topological polar surface area (TPSA) is 72.9 Å². The van der Waals surface area contributed by atoms with Gasteiger partial charge in [0, 0.05) is 19.1 Å². The second kappa shape index (κ2) is 5.36. The molecule has 0 radical (unpaired) electrons. The Morgan fingerprint density at radius 1 is 1.37 bits per heavy atom. The summed E-state index contributed by atoms with van der Waals surface area (Å²) in [6, 6.07) is -0.0563. The predicted molar refractivity (Wildman–Crippen MR) is 71.0 cm³/mol. The van der Waals surface area contributed by atoms with Crippen LogP contribution < -0.4 is 5.32 Å². The van der Waals surface area contributed by atoms with Crippen molar-refractivity contribution < 1.29 is 14.7 Å². The van der Waals surface area contributed by atoms with Gasteiger partial charge in [-0.05, 0) is 39.3 Å². The van der Waals surface area contributed by atoms with Crippen molar-refractivity contribution in [2.24, 2.45) is 0 Å². The summed E-state index contributed by atoms with van der Waals surface area (Å²) < 4.78 is 0. The van der Waals surface area contributed by atoms with Gasteiger partial charge in [-0.3, -0.25) is 0 Å². The third kappa shape index (κ3) is 3.00. The van der Waals surface area contributed by atoms with E-state index < -0.39 is 11.5 Å². The first-order valence-corrected chi connectivity index (χ1v) is 6.99. The Morgan fingerprint density at radius 3 is 2.58 bits per heavy atom. The minimum Gasteiger partial charge on any atom is -0.480 e. The van der Waals surface area contributed by atoms with Gasteiger partial charge in [0.1, 0.15) is 5.54 Å². The Hall–Kier alpha value is -1.30. The predicted octanol–water partition coefficient (Wildman–Crippen LogP) is 0.729. The molecule has 0 bridgehead atoms. The highest BCUT2D eigenvalue weighted by atomic mass is 16.4. The van der Waals surface area contributed by atoms with E-state index in [2.05, 4.69) is 24.2 Å². The maximum Gasteiger partial charge on any atom is 0.329 e.